The van der Waals surface area contributed by atoms with Crippen LogP contribution in [0.1, 0.15) is 11.1 Å². The van der Waals surface area contributed by atoms with Gasteiger partial charge in [-0.15, -0.1) is 0 Å². The molecule has 2 aromatic carbocycles. The highest BCUT2D eigenvalue weighted by Gasteiger charge is 2.15. The van der Waals surface area contributed by atoms with Crippen LogP contribution in [0.15, 0.2) is 42.5 Å². The van der Waals surface area contributed by atoms with Crippen molar-refractivity contribution in [1.29, 1.82) is 0 Å². The fraction of sp³-hybridized carbons (Fsp3) is 0.316. The lowest BCUT2D eigenvalue weighted by Crippen LogP contribution is -2.36. The summed E-state index contributed by atoms with van der Waals surface area (Å²) >= 11 is 5.52. The summed E-state index contributed by atoms with van der Waals surface area (Å²) in [5, 5.41) is 7.25. The van der Waals surface area contributed by atoms with Crippen LogP contribution < -0.4 is 15.5 Å². The largest absolute Gasteiger partial charge is 0.378 e. The van der Waals surface area contributed by atoms with E-state index in [-0.39, 0.29) is 0 Å². The number of benzene rings is 2. The molecule has 126 valence electrons. The first-order chi connectivity index (χ1) is 11.6. The quantitative estimate of drug-likeness (QED) is 0.827. The van der Waals surface area contributed by atoms with Gasteiger partial charge in [-0.3, -0.25) is 0 Å². The second-order valence-corrected chi connectivity index (χ2v) is 6.35. The van der Waals surface area contributed by atoms with E-state index in [0.29, 0.717) is 5.11 Å². The van der Waals surface area contributed by atoms with Crippen LogP contribution in [0.2, 0.25) is 0 Å². The Morgan fingerprint density at radius 1 is 0.958 bits per heavy atom. The summed E-state index contributed by atoms with van der Waals surface area (Å²) in [5.74, 6) is 0. The van der Waals surface area contributed by atoms with E-state index < -0.39 is 0 Å². The lowest BCUT2D eigenvalue weighted by Gasteiger charge is -2.30. The van der Waals surface area contributed by atoms with Gasteiger partial charge < -0.3 is 20.3 Å². The Hall–Kier alpha value is -2.11. The van der Waals surface area contributed by atoms with Gasteiger partial charge in [0, 0.05) is 18.8 Å². The van der Waals surface area contributed by atoms with Gasteiger partial charge in [0.1, 0.15) is 0 Å². The molecule has 0 spiro atoms. The molecule has 0 bridgehead atoms. The van der Waals surface area contributed by atoms with Gasteiger partial charge in [-0.05, 0) is 55.4 Å². The van der Waals surface area contributed by atoms with Crippen LogP contribution in [0.3, 0.4) is 0 Å². The highest BCUT2D eigenvalue weighted by molar-refractivity contribution is 7.80. The van der Waals surface area contributed by atoms with E-state index >= 15 is 0 Å². The van der Waals surface area contributed by atoms with Crippen LogP contribution in [0, 0.1) is 13.8 Å². The van der Waals surface area contributed by atoms with Crippen molar-refractivity contribution in [3.8, 4) is 0 Å². The van der Waals surface area contributed by atoms with Crippen LogP contribution in [0.4, 0.5) is 17.1 Å². The van der Waals surface area contributed by atoms with E-state index in [0.717, 1.165) is 43.4 Å². The third kappa shape index (κ3) is 3.86. The molecule has 1 heterocycles. The Bertz CT molecular complexity index is 726. The summed E-state index contributed by atoms with van der Waals surface area (Å²) in [4.78, 5) is 2.33. The Kier molecular flexibility index (Phi) is 5.33. The number of ether oxygens (including phenoxy) is 1. The van der Waals surface area contributed by atoms with E-state index in [1.54, 1.807) is 0 Å². The highest BCUT2D eigenvalue weighted by Crippen LogP contribution is 2.27. The second-order valence-electron chi connectivity index (χ2n) is 5.94. The number of morpholine rings is 1. The summed E-state index contributed by atoms with van der Waals surface area (Å²) in [6, 6.07) is 14.4. The first-order valence-electron chi connectivity index (χ1n) is 8.21. The van der Waals surface area contributed by atoms with E-state index in [1.165, 1.54) is 11.1 Å². The molecule has 5 heteroatoms. The number of aryl methyl sites for hydroxylation is 1. The molecule has 1 fully saturated rings. The molecule has 1 aliphatic heterocycles. The van der Waals surface area contributed by atoms with Crippen LogP contribution in [-0.4, -0.2) is 31.4 Å². The molecule has 0 aromatic heterocycles. The van der Waals surface area contributed by atoms with Gasteiger partial charge in [0.2, 0.25) is 0 Å². The monoisotopic (exact) mass is 341 g/mol. The average Bonchev–Trinajstić information content (AvgIpc) is 2.60. The molecule has 3 rings (SSSR count). The van der Waals surface area contributed by atoms with Crippen molar-refractivity contribution < 1.29 is 4.74 Å². The molecular formula is C19H23N3OS. The molecule has 0 aliphatic carbocycles. The fourth-order valence-electron chi connectivity index (χ4n) is 2.82. The maximum atomic E-state index is 5.52. The first-order valence-corrected chi connectivity index (χ1v) is 8.62. The number of anilines is 3. The Balaban J connectivity index is 1.73. The Labute approximate surface area is 148 Å². The van der Waals surface area contributed by atoms with Gasteiger partial charge in [-0.2, -0.15) is 0 Å². The van der Waals surface area contributed by atoms with Gasteiger partial charge in [0.15, 0.2) is 5.11 Å². The number of para-hydroxylation sites is 2. The molecule has 0 amide bonds. The second kappa shape index (κ2) is 7.64. The number of rotatable bonds is 3. The number of hydrogen-bond donors (Lipinski definition) is 2. The van der Waals surface area contributed by atoms with Crippen LogP contribution in [0.25, 0.3) is 0 Å². The molecule has 4 nitrogen and oxygen atoms in total. The molecule has 0 atom stereocenters. The number of hydrogen-bond acceptors (Lipinski definition) is 3. The minimum absolute atomic E-state index is 0.601. The zero-order valence-corrected chi connectivity index (χ0v) is 15.0. The minimum Gasteiger partial charge on any atom is -0.378 e. The number of thiocarbonyl (C=S) groups is 1. The summed E-state index contributed by atoms with van der Waals surface area (Å²) in [7, 11) is 0. The predicted molar refractivity (Wildman–Crippen MR) is 105 cm³/mol. The third-order valence-electron chi connectivity index (χ3n) is 4.36. The van der Waals surface area contributed by atoms with Crippen molar-refractivity contribution in [3.05, 3.63) is 53.6 Å². The standard InChI is InChI=1S/C19H23N3OS/c1-14-6-5-8-16(15(14)2)20-19(24)21-17-7-3-4-9-18(17)22-10-12-23-13-11-22/h3-9H,10-13H2,1-2H3,(H2,20,21,24). The molecule has 24 heavy (non-hydrogen) atoms. The fourth-order valence-corrected chi connectivity index (χ4v) is 3.04. The SMILES string of the molecule is Cc1cccc(NC(=S)Nc2ccccc2N2CCOCC2)c1C. The van der Waals surface area contributed by atoms with Gasteiger partial charge >= 0.3 is 0 Å². The van der Waals surface area contributed by atoms with Crippen molar-refractivity contribution in [2.75, 3.05) is 41.8 Å². The lowest BCUT2D eigenvalue weighted by molar-refractivity contribution is 0.123. The van der Waals surface area contributed by atoms with Crippen molar-refractivity contribution >= 4 is 34.4 Å². The van der Waals surface area contributed by atoms with Gasteiger partial charge in [0.25, 0.3) is 0 Å². The van der Waals surface area contributed by atoms with Crippen LogP contribution in [0.5, 0.6) is 0 Å². The third-order valence-corrected chi connectivity index (χ3v) is 4.56. The zero-order chi connectivity index (χ0) is 16.9. The number of nitrogens with one attached hydrogen (secondary N) is 2. The molecular weight excluding hydrogens is 318 g/mol. The topological polar surface area (TPSA) is 36.5 Å². The van der Waals surface area contributed by atoms with Crippen molar-refractivity contribution in [2.45, 2.75) is 13.8 Å². The smallest absolute Gasteiger partial charge is 0.175 e. The maximum Gasteiger partial charge on any atom is 0.175 e. The molecule has 0 radical (unpaired) electrons. The van der Waals surface area contributed by atoms with Gasteiger partial charge in [-0.1, -0.05) is 24.3 Å². The lowest BCUT2D eigenvalue weighted by atomic mass is 10.1. The van der Waals surface area contributed by atoms with Crippen LogP contribution in [-0.2, 0) is 4.74 Å². The summed E-state index contributed by atoms with van der Waals surface area (Å²) in [5.41, 5.74) is 5.67. The molecule has 2 N–H and O–H groups in total. The minimum atomic E-state index is 0.601. The summed E-state index contributed by atoms with van der Waals surface area (Å²) < 4.78 is 5.45. The molecule has 0 unspecified atom stereocenters. The van der Waals surface area contributed by atoms with Crippen molar-refractivity contribution in [2.24, 2.45) is 0 Å². The van der Waals surface area contributed by atoms with Crippen molar-refractivity contribution in [1.82, 2.24) is 0 Å². The molecule has 1 saturated heterocycles. The summed E-state index contributed by atoms with van der Waals surface area (Å²) in [6.45, 7) is 7.53. The zero-order valence-electron chi connectivity index (χ0n) is 14.1. The Morgan fingerprint density at radius 3 is 2.42 bits per heavy atom. The van der Waals surface area contributed by atoms with Gasteiger partial charge in [-0.25, -0.2) is 0 Å². The highest BCUT2D eigenvalue weighted by atomic mass is 32.1. The van der Waals surface area contributed by atoms with E-state index in [9.17, 15) is 0 Å². The van der Waals surface area contributed by atoms with Crippen LogP contribution >= 0.6 is 12.2 Å². The van der Waals surface area contributed by atoms with E-state index in [2.05, 4.69) is 53.6 Å². The molecule has 0 saturated carbocycles. The first kappa shape index (κ1) is 16.7. The predicted octanol–water partition coefficient (Wildman–Crippen LogP) is 3.95. The molecule has 2 aromatic rings. The van der Waals surface area contributed by atoms with Crippen molar-refractivity contribution in [3.63, 3.8) is 0 Å². The maximum absolute atomic E-state index is 5.52. The Morgan fingerprint density at radius 2 is 1.62 bits per heavy atom. The van der Waals surface area contributed by atoms with E-state index in [4.69, 9.17) is 17.0 Å². The van der Waals surface area contributed by atoms with Gasteiger partial charge in [0.05, 0.1) is 24.6 Å². The molecule has 1 aliphatic rings. The van der Waals surface area contributed by atoms with E-state index in [1.807, 2.05) is 18.2 Å². The number of nitrogens with zero attached hydrogens (tertiary/aromatic N) is 1. The normalized spacial score (nSPS) is 14.3. The summed E-state index contributed by atoms with van der Waals surface area (Å²) in [6.07, 6.45) is 0. The average molecular weight is 341 g/mol.